The molecular formula is C12H21N3O2S. The minimum absolute atomic E-state index is 0.124. The molecule has 1 aromatic carbocycles. The molecule has 0 heterocycles. The van der Waals surface area contributed by atoms with Gasteiger partial charge in [-0.05, 0) is 24.6 Å². The second-order valence-corrected chi connectivity index (χ2v) is 6.32. The number of nitrogens with zero attached hydrogens (tertiary/aromatic N) is 1. The van der Waals surface area contributed by atoms with Gasteiger partial charge in [0.15, 0.2) is 0 Å². The molecule has 0 bridgehead atoms. The lowest BCUT2D eigenvalue weighted by Crippen LogP contribution is -2.33. The molecule has 0 radical (unpaired) electrons. The summed E-state index contributed by atoms with van der Waals surface area (Å²) in [6.45, 7) is 1.94. The Bertz CT molecular complexity index is 482. The first-order chi connectivity index (χ1) is 8.40. The molecule has 0 fully saturated rings. The minimum Gasteiger partial charge on any atom is -0.378 e. The quantitative estimate of drug-likeness (QED) is 0.816. The van der Waals surface area contributed by atoms with E-state index < -0.39 is 15.3 Å². The lowest BCUT2D eigenvalue weighted by Gasteiger charge is -2.17. The maximum absolute atomic E-state index is 12.0. The Morgan fingerprint density at radius 3 is 2.56 bits per heavy atom. The third kappa shape index (κ3) is 3.61. The smallest absolute Gasteiger partial charge is 0.236 e. The molecule has 0 saturated heterocycles. The Kier molecular flexibility index (Phi) is 4.98. The normalized spacial score (nSPS) is 13.1. The van der Waals surface area contributed by atoms with Crippen molar-refractivity contribution in [2.75, 3.05) is 30.3 Å². The van der Waals surface area contributed by atoms with Crippen LogP contribution in [0.25, 0.3) is 0 Å². The molecule has 0 saturated carbocycles. The van der Waals surface area contributed by atoms with Crippen molar-refractivity contribution in [3.8, 4) is 0 Å². The van der Waals surface area contributed by atoms with Gasteiger partial charge in [-0.2, -0.15) is 0 Å². The Labute approximate surface area is 109 Å². The average molecular weight is 271 g/mol. The number of anilines is 2. The van der Waals surface area contributed by atoms with E-state index in [0.717, 1.165) is 5.69 Å². The van der Waals surface area contributed by atoms with Gasteiger partial charge in [0.2, 0.25) is 10.0 Å². The molecule has 5 nitrogen and oxygen atoms in total. The van der Waals surface area contributed by atoms with Crippen molar-refractivity contribution in [3.63, 3.8) is 0 Å². The fourth-order valence-electron chi connectivity index (χ4n) is 1.61. The van der Waals surface area contributed by atoms with Crippen LogP contribution in [-0.2, 0) is 10.0 Å². The Balaban J connectivity index is 2.94. The monoisotopic (exact) mass is 271 g/mol. The summed E-state index contributed by atoms with van der Waals surface area (Å²) < 4.78 is 26.7. The SMILES string of the molecule is CCC(CN)S(=O)(=O)Nc1cccc(N(C)C)c1. The molecule has 0 aliphatic rings. The first-order valence-electron chi connectivity index (χ1n) is 5.89. The largest absolute Gasteiger partial charge is 0.378 e. The van der Waals surface area contributed by atoms with Crippen LogP contribution in [0.2, 0.25) is 0 Å². The predicted octanol–water partition coefficient (Wildman–Crippen LogP) is 1.23. The first-order valence-corrected chi connectivity index (χ1v) is 7.44. The van der Waals surface area contributed by atoms with Crippen molar-refractivity contribution >= 4 is 21.4 Å². The lowest BCUT2D eigenvalue weighted by atomic mass is 10.3. The minimum atomic E-state index is -3.41. The van der Waals surface area contributed by atoms with Crippen LogP contribution in [-0.4, -0.2) is 34.3 Å². The highest BCUT2D eigenvalue weighted by Gasteiger charge is 2.22. The van der Waals surface area contributed by atoms with Crippen LogP contribution in [0.3, 0.4) is 0 Å². The molecule has 1 unspecified atom stereocenters. The number of rotatable bonds is 6. The van der Waals surface area contributed by atoms with E-state index in [-0.39, 0.29) is 6.54 Å². The van der Waals surface area contributed by atoms with Gasteiger partial charge in [-0.15, -0.1) is 0 Å². The zero-order valence-corrected chi connectivity index (χ0v) is 11.9. The topological polar surface area (TPSA) is 75.4 Å². The summed E-state index contributed by atoms with van der Waals surface area (Å²) in [6, 6.07) is 7.25. The fraction of sp³-hybridized carbons (Fsp3) is 0.500. The van der Waals surface area contributed by atoms with Gasteiger partial charge < -0.3 is 10.6 Å². The van der Waals surface area contributed by atoms with Gasteiger partial charge in [0.05, 0.1) is 10.9 Å². The van der Waals surface area contributed by atoms with Crippen LogP contribution in [0.4, 0.5) is 11.4 Å². The number of nitrogens with two attached hydrogens (primary N) is 1. The molecule has 0 spiro atoms. The zero-order chi connectivity index (χ0) is 13.8. The molecule has 1 rings (SSSR count). The molecule has 0 aromatic heterocycles. The third-order valence-corrected chi connectivity index (χ3v) is 4.70. The molecule has 0 aliphatic heterocycles. The van der Waals surface area contributed by atoms with E-state index in [1.807, 2.05) is 38.1 Å². The number of hydrogen-bond donors (Lipinski definition) is 2. The highest BCUT2D eigenvalue weighted by molar-refractivity contribution is 7.93. The standard InChI is InChI=1S/C12H21N3O2S/c1-4-12(9-13)18(16,17)14-10-6-5-7-11(8-10)15(2)3/h5-8,12,14H,4,9,13H2,1-3H3. The molecule has 0 amide bonds. The fourth-order valence-corrected chi connectivity index (χ4v) is 2.92. The van der Waals surface area contributed by atoms with Crippen LogP contribution in [0.1, 0.15) is 13.3 Å². The molecule has 0 aliphatic carbocycles. The van der Waals surface area contributed by atoms with Crippen molar-refractivity contribution in [1.82, 2.24) is 0 Å². The Hall–Kier alpha value is -1.27. The van der Waals surface area contributed by atoms with Gasteiger partial charge in [-0.25, -0.2) is 8.42 Å². The molecule has 102 valence electrons. The molecule has 18 heavy (non-hydrogen) atoms. The van der Waals surface area contributed by atoms with E-state index in [2.05, 4.69) is 4.72 Å². The Morgan fingerprint density at radius 2 is 2.06 bits per heavy atom. The van der Waals surface area contributed by atoms with Gasteiger partial charge in [0, 0.05) is 26.3 Å². The maximum atomic E-state index is 12.0. The van der Waals surface area contributed by atoms with Gasteiger partial charge in [-0.1, -0.05) is 13.0 Å². The maximum Gasteiger partial charge on any atom is 0.236 e. The van der Waals surface area contributed by atoms with Crippen molar-refractivity contribution in [2.45, 2.75) is 18.6 Å². The number of hydrogen-bond acceptors (Lipinski definition) is 4. The second kappa shape index (κ2) is 6.06. The van der Waals surface area contributed by atoms with Crippen molar-refractivity contribution in [1.29, 1.82) is 0 Å². The molecular weight excluding hydrogens is 250 g/mol. The first kappa shape index (κ1) is 14.8. The van der Waals surface area contributed by atoms with E-state index in [1.54, 1.807) is 12.1 Å². The number of sulfonamides is 1. The van der Waals surface area contributed by atoms with Gasteiger partial charge in [-0.3, -0.25) is 4.72 Å². The third-order valence-electron chi connectivity index (χ3n) is 2.78. The highest BCUT2D eigenvalue weighted by atomic mass is 32.2. The van der Waals surface area contributed by atoms with Crippen molar-refractivity contribution < 1.29 is 8.42 Å². The van der Waals surface area contributed by atoms with Gasteiger partial charge >= 0.3 is 0 Å². The Morgan fingerprint density at radius 1 is 1.39 bits per heavy atom. The van der Waals surface area contributed by atoms with Crippen LogP contribution < -0.4 is 15.4 Å². The summed E-state index contributed by atoms with van der Waals surface area (Å²) in [7, 11) is 0.399. The van der Waals surface area contributed by atoms with E-state index in [4.69, 9.17) is 5.73 Å². The van der Waals surface area contributed by atoms with Crippen LogP contribution in [0.5, 0.6) is 0 Å². The van der Waals surface area contributed by atoms with Crippen molar-refractivity contribution in [3.05, 3.63) is 24.3 Å². The molecule has 6 heteroatoms. The zero-order valence-electron chi connectivity index (χ0n) is 11.1. The van der Waals surface area contributed by atoms with E-state index in [0.29, 0.717) is 12.1 Å². The van der Waals surface area contributed by atoms with Crippen LogP contribution in [0, 0.1) is 0 Å². The summed E-state index contributed by atoms with van der Waals surface area (Å²) in [5.74, 6) is 0. The molecule has 1 aromatic rings. The van der Waals surface area contributed by atoms with Gasteiger partial charge in [0.25, 0.3) is 0 Å². The highest BCUT2D eigenvalue weighted by Crippen LogP contribution is 2.19. The molecule has 3 N–H and O–H groups in total. The molecule has 1 atom stereocenters. The summed E-state index contributed by atoms with van der Waals surface area (Å²) >= 11 is 0. The van der Waals surface area contributed by atoms with Gasteiger partial charge in [0.1, 0.15) is 0 Å². The van der Waals surface area contributed by atoms with E-state index in [9.17, 15) is 8.42 Å². The average Bonchev–Trinajstić information content (AvgIpc) is 2.29. The predicted molar refractivity (Wildman–Crippen MR) is 76.4 cm³/mol. The summed E-state index contributed by atoms with van der Waals surface area (Å²) in [4.78, 5) is 1.91. The number of nitrogens with one attached hydrogen (secondary N) is 1. The van der Waals surface area contributed by atoms with E-state index in [1.165, 1.54) is 0 Å². The second-order valence-electron chi connectivity index (χ2n) is 4.36. The van der Waals surface area contributed by atoms with Crippen molar-refractivity contribution in [2.24, 2.45) is 5.73 Å². The van der Waals surface area contributed by atoms with Crippen LogP contribution in [0.15, 0.2) is 24.3 Å². The van der Waals surface area contributed by atoms with Crippen LogP contribution >= 0.6 is 0 Å². The van der Waals surface area contributed by atoms with E-state index >= 15 is 0 Å². The number of benzene rings is 1. The lowest BCUT2D eigenvalue weighted by molar-refractivity contribution is 0.581. The summed E-state index contributed by atoms with van der Waals surface area (Å²) in [5.41, 5.74) is 6.98. The summed E-state index contributed by atoms with van der Waals surface area (Å²) in [6.07, 6.45) is 0.499. The summed E-state index contributed by atoms with van der Waals surface area (Å²) in [5, 5.41) is -0.555.